The van der Waals surface area contributed by atoms with Gasteiger partial charge in [0.2, 0.25) is 0 Å². The normalized spacial score (nSPS) is 12.7. The minimum absolute atomic E-state index is 0.961. The molecule has 1 aliphatic carbocycles. The van der Waals surface area contributed by atoms with Crippen LogP contribution in [0.15, 0.2) is 170 Å². The van der Waals surface area contributed by atoms with E-state index in [4.69, 9.17) is 0 Å². The summed E-state index contributed by atoms with van der Waals surface area (Å²) in [6.45, 7) is 3.96. The van der Waals surface area contributed by atoms with Gasteiger partial charge in [-0.25, -0.2) is 0 Å². The van der Waals surface area contributed by atoms with Gasteiger partial charge in [0.05, 0.1) is 11.0 Å². The summed E-state index contributed by atoms with van der Waals surface area (Å²) < 4.78 is 2.46. The molecule has 0 aliphatic heterocycles. The Hall–Kier alpha value is -5.92. The van der Waals surface area contributed by atoms with Crippen LogP contribution in [0.3, 0.4) is 0 Å². The lowest BCUT2D eigenvalue weighted by atomic mass is 9.88. The number of aromatic nitrogens is 1. The number of fused-ring (bicyclic) bond motifs is 6. The molecule has 0 saturated heterocycles. The summed E-state index contributed by atoms with van der Waals surface area (Å²) in [5.41, 5.74) is 15.3. The van der Waals surface area contributed by atoms with Crippen LogP contribution in [0.25, 0.3) is 77.7 Å². The molecule has 228 valence electrons. The number of benzene rings is 7. The number of allylic oxidation sites excluding steroid dienone is 2. The van der Waals surface area contributed by atoms with Crippen molar-refractivity contribution in [1.82, 2.24) is 4.57 Å². The fraction of sp³-hybridized carbons (Fsp3) is 0.0638. The first-order chi connectivity index (χ1) is 23.7. The Morgan fingerprint density at radius 2 is 1.12 bits per heavy atom. The second kappa shape index (κ2) is 11.7. The first kappa shape index (κ1) is 28.3. The number of nitrogens with zero attached hydrogens (tertiary/aromatic N) is 1. The number of hydrogen-bond acceptors (Lipinski definition) is 0. The zero-order valence-electron chi connectivity index (χ0n) is 26.9. The van der Waals surface area contributed by atoms with Crippen molar-refractivity contribution < 1.29 is 0 Å². The van der Waals surface area contributed by atoms with E-state index in [9.17, 15) is 0 Å². The molecule has 0 unspecified atom stereocenters. The number of hydrogen-bond donors (Lipinski definition) is 0. The van der Waals surface area contributed by atoms with Gasteiger partial charge in [0, 0.05) is 21.8 Å². The third-order valence-electron chi connectivity index (χ3n) is 10.0. The molecule has 8 aromatic rings. The van der Waals surface area contributed by atoms with Gasteiger partial charge in [0.15, 0.2) is 0 Å². The van der Waals surface area contributed by atoms with Gasteiger partial charge in [0.25, 0.3) is 0 Å². The average Bonchev–Trinajstić information content (AvgIpc) is 3.49. The van der Waals surface area contributed by atoms with Crippen LogP contribution in [0.1, 0.15) is 24.0 Å². The monoisotopic (exact) mass is 613 g/mol. The molecule has 0 radical (unpaired) electrons. The number of aryl methyl sites for hydroxylation is 1. The lowest BCUT2D eigenvalue weighted by molar-refractivity contribution is 0.900. The Morgan fingerprint density at radius 3 is 1.90 bits per heavy atom. The van der Waals surface area contributed by atoms with Crippen LogP contribution >= 0.6 is 0 Å². The summed E-state index contributed by atoms with van der Waals surface area (Å²) in [7, 11) is 0. The molecule has 0 spiro atoms. The van der Waals surface area contributed by atoms with E-state index in [1.165, 1.54) is 88.3 Å². The number of para-hydroxylation sites is 1. The van der Waals surface area contributed by atoms with Crippen LogP contribution in [0.4, 0.5) is 0 Å². The van der Waals surface area contributed by atoms with Crippen molar-refractivity contribution in [3.8, 4) is 39.1 Å². The SMILES string of the molecule is C=CCC1=Cc2cc(-c3ccc4c5ccc6cc(-c7ccc(-c8ccccc8)cc7)ccc6c5n(-c5ccccc5)c4c3)ccc2CC1. The summed E-state index contributed by atoms with van der Waals surface area (Å²) in [6.07, 6.45) is 7.58. The van der Waals surface area contributed by atoms with Crippen molar-refractivity contribution in [3.63, 3.8) is 0 Å². The van der Waals surface area contributed by atoms with E-state index in [1.807, 2.05) is 6.08 Å². The van der Waals surface area contributed by atoms with Crippen molar-refractivity contribution in [3.05, 3.63) is 181 Å². The van der Waals surface area contributed by atoms with Gasteiger partial charge in [0.1, 0.15) is 0 Å². The molecule has 0 fully saturated rings. The summed E-state index contributed by atoms with van der Waals surface area (Å²) in [5.74, 6) is 0. The van der Waals surface area contributed by atoms with Crippen molar-refractivity contribution in [2.75, 3.05) is 0 Å². The summed E-state index contributed by atoms with van der Waals surface area (Å²) in [5, 5.41) is 5.04. The maximum Gasteiger partial charge on any atom is 0.0619 e. The molecule has 0 N–H and O–H groups in total. The van der Waals surface area contributed by atoms with Crippen molar-refractivity contribution >= 4 is 38.7 Å². The highest BCUT2D eigenvalue weighted by Crippen LogP contribution is 2.40. The zero-order chi connectivity index (χ0) is 32.0. The Labute approximate surface area is 281 Å². The van der Waals surface area contributed by atoms with Crippen LogP contribution in [0.5, 0.6) is 0 Å². The van der Waals surface area contributed by atoms with Crippen LogP contribution in [-0.4, -0.2) is 4.57 Å². The molecular formula is C47H35N. The van der Waals surface area contributed by atoms with Crippen molar-refractivity contribution in [2.24, 2.45) is 0 Å². The second-order valence-electron chi connectivity index (χ2n) is 13.0. The van der Waals surface area contributed by atoms with Gasteiger partial charge >= 0.3 is 0 Å². The standard InChI is InChI=1S/C47H35N/c1-2-9-32-14-15-36-20-21-38(30-41(36)28-32)39-23-26-44-45-27-24-40-29-37(35-18-16-34(17-19-35)33-10-5-3-6-11-33)22-25-43(40)47(45)48(46(44)31-39)42-12-7-4-8-13-42/h2-8,10-13,16-31H,1,9,14-15H2. The first-order valence-electron chi connectivity index (χ1n) is 16.9. The molecule has 48 heavy (non-hydrogen) atoms. The Bertz CT molecular complexity index is 2510. The first-order valence-corrected chi connectivity index (χ1v) is 16.9. The summed E-state index contributed by atoms with van der Waals surface area (Å²) in [6, 6.07) is 55.8. The highest BCUT2D eigenvalue weighted by atomic mass is 15.0. The predicted molar refractivity (Wildman–Crippen MR) is 206 cm³/mol. The molecule has 0 amide bonds. The van der Waals surface area contributed by atoms with Gasteiger partial charge in [-0.05, 0) is 99.5 Å². The zero-order valence-corrected chi connectivity index (χ0v) is 26.9. The van der Waals surface area contributed by atoms with Crippen molar-refractivity contribution in [1.29, 1.82) is 0 Å². The van der Waals surface area contributed by atoms with Gasteiger partial charge < -0.3 is 4.57 Å². The van der Waals surface area contributed by atoms with Crippen LogP contribution < -0.4 is 0 Å². The predicted octanol–water partition coefficient (Wildman–Crippen LogP) is 12.8. The molecule has 1 aromatic heterocycles. The fourth-order valence-electron chi connectivity index (χ4n) is 7.60. The lowest BCUT2D eigenvalue weighted by Crippen LogP contribution is -1.99. The Morgan fingerprint density at radius 1 is 0.521 bits per heavy atom. The van der Waals surface area contributed by atoms with Gasteiger partial charge in [-0.15, -0.1) is 6.58 Å². The van der Waals surface area contributed by atoms with E-state index >= 15 is 0 Å². The third-order valence-corrected chi connectivity index (χ3v) is 10.0. The third kappa shape index (κ3) is 4.87. The van der Waals surface area contributed by atoms with Crippen LogP contribution in [0.2, 0.25) is 0 Å². The van der Waals surface area contributed by atoms with E-state index in [2.05, 4.69) is 169 Å². The van der Waals surface area contributed by atoms with E-state index < -0.39 is 0 Å². The molecule has 9 rings (SSSR count). The van der Waals surface area contributed by atoms with Gasteiger partial charge in [-0.2, -0.15) is 0 Å². The molecule has 0 atom stereocenters. The van der Waals surface area contributed by atoms with Gasteiger partial charge in [-0.3, -0.25) is 0 Å². The maximum absolute atomic E-state index is 3.96. The van der Waals surface area contributed by atoms with E-state index in [1.54, 1.807) is 0 Å². The largest absolute Gasteiger partial charge is 0.309 e. The van der Waals surface area contributed by atoms with Crippen LogP contribution in [0, 0.1) is 0 Å². The molecule has 1 nitrogen and oxygen atoms in total. The lowest BCUT2D eigenvalue weighted by Gasteiger charge is -2.17. The topological polar surface area (TPSA) is 4.93 Å². The van der Waals surface area contributed by atoms with E-state index in [-0.39, 0.29) is 0 Å². The molecule has 1 heteroatoms. The summed E-state index contributed by atoms with van der Waals surface area (Å²) in [4.78, 5) is 0. The summed E-state index contributed by atoms with van der Waals surface area (Å²) >= 11 is 0. The Balaban J connectivity index is 1.19. The average molecular weight is 614 g/mol. The van der Waals surface area contributed by atoms with E-state index in [0.717, 1.165) is 19.3 Å². The highest BCUT2D eigenvalue weighted by molar-refractivity contribution is 6.19. The minimum atomic E-state index is 0.961. The molecule has 0 saturated carbocycles. The highest BCUT2D eigenvalue weighted by Gasteiger charge is 2.17. The maximum atomic E-state index is 3.96. The Kier molecular flexibility index (Phi) is 6.91. The van der Waals surface area contributed by atoms with Crippen molar-refractivity contribution in [2.45, 2.75) is 19.3 Å². The fourth-order valence-corrected chi connectivity index (χ4v) is 7.60. The minimum Gasteiger partial charge on any atom is -0.309 e. The number of rotatable bonds is 6. The van der Waals surface area contributed by atoms with E-state index in [0.29, 0.717) is 0 Å². The molecule has 0 bridgehead atoms. The molecule has 1 aliphatic rings. The smallest absolute Gasteiger partial charge is 0.0619 e. The van der Waals surface area contributed by atoms with Crippen LogP contribution in [-0.2, 0) is 6.42 Å². The molecular weight excluding hydrogens is 579 g/mol. The molecule has 7 aromatic carbocycles. The quantitative estimate of drug-likeness (QED) is 0.164. The van der Waals surface area contributed by atoms with Gasteiger partial charge in [-0.1, -0.05) is 139 Å². The second-order valence-corrected chi connectivity index (χ2v) is 13.0. The molecule has 1 heterocycles.